The van der Waals surface area contributed by atoms with E-state index in [0.29, 0.717) is 44.7 Å². The minimum Gasteiger partial charge on any atom is -0.480 e. The van der Waals surface area contributed by atoms with Crippen LogP contribution in [0.5, 0.6) is 0 Å². The number of halogens is 4. The van der Waals surface area contributed by atoms with Gasteiger partial charge < -0.3 is 10.0 Å². The van der Waals surface area contributed by atoms with Gasteiger partial charge in [-0.2, -0.15) is 0 Å². The molecule has 1 aliphatic carbocycles. The molecule has 0 spiro atoms. The summed E-state index contributed by atoms with van der Waals surface area (Å²) < 4.78 is 28.6. The van der Waals surface area contributed by atoms with Crippen LogP contribution in [-0.2, 0) is 28.9 Å². The van der Waals surface area contributed by atoms with Gasteiger partial charge in [-0.3, -0.25) is 19.4 Å². The summed E-state index contributed by atoms with van der Waals surface area (Å²) in [5.74, 6) is -2.99. The van der Waals surface area contributed by atoms with Crippen LogP contribution in [-0.4, -0.2) is 82.0 Å². The van der Waals surface area contributed by atoms with Crippen molar-refractivity contribution in [2.24, 2.45) is 5.92 Å². The molecule has 0 aromatic heterocycles. The number of hydrogen-bond donors (Lipinski definition) is 1. The summed E-state index contributed by atoms with van der Waals surface area (Å²) in [6, 6.07) is 9.13. The van der Waals surface area contributed by atoms with Crippen LogP contribution >= 0.6 is 24.8 Å². The van der Waals surface area contributed by atoms with Crippen molar-refractivity contribution < 1.29 is 23.5 Å². The van der Waals surface area contributed by atoms with E-state index in [-0.39, 0.29) is 48.2 Å². The number of benzene rings is 2. The van der Waals surface area contributed by atoms with E-state index in [1.165, 1.54) is 23.3 Å². The highest BCUT2D eigenvalue weighted by Crippen LogP contribution is 2.39. The van der Waals surface area contributed by atoms with Crippen LogP contribution in [0.2, 0.25) is 0 Å². The molecule has 1 N–H and O–H groups in total. The summed E-state index contributed by atoms with van der Waals surface area (Å²) >= 11 is 0. The Morgan fingerprint density at radius 1 is 0.976 bits per heavy atom. The fourth-order valence-corrected chi connectivity index (χ4v) is 6.88. The average Bonchev–Trinajstić information content (AvgIpc) is 3.54. The van der Waals surface area contributed by atoms with Gasteiger partial charge in [-0.25, -0.2) is 8.78 Å². The van der Waals surface area contributed by atoms with Crippen molar-refractivity contribution in [1.82, 2.24) is 14.7 Å². The fraction of sp³-hybridized carbons (Fsp3) is 0.562. The van der Waals surface area contributed by atoms with Gasteiger partial charge in [0.1, 0.15) is 17.7 Å². The van der Waals surface area contributed by atoms with Crippen molar-refractivity contribution in [3.63, 3.8) is 0 Å². The largest absolute Gasteiger partial charge is 0.480 e. The lowest BCUT2D eigenvalue weighted by Crippen LogP contribution is -2.59. The average molecular weight is 627 g/mol. The Bertz CT molecular complexity index is 1290. The Morgan fingerprint density at radius 2 is 1.69 bits per heavy atom. The standard InChI is InChI=1S/C32H41F2N3O3.2ClH/c1-20-17-35(29(31(39)40)15-21-8-9-22-6-5-7-23(22)14-21)12-13-37(20)30(38)27-19-36(32(2,3)4)18-26(27)25-11-10-24(33)16-28(25)34;;/h8-11,14,16,20,26-27,29H,5-7,12-13,15,17-19H2,1-4H3,(H,39,40);2*1H/t20-,26-,27+,29-;;/m0../s1. The van der Waals surface area contributed by atoms with E-state index in [4.69, 9.17) is 0 Å². The second-order valence-electron chi connectivity index (χ2n) is 12.8. The summed E-state index contributed by atoms with van der Waals surface area (Å²) in [5.41, 5.74) is 3.90. The van der Waals surface area contributed by atoms with Gasteiger partial charge in [-0.1, -0.05) is 24.3 Å². The Morgan fingerprint density at radius 3 is 2.33 bits per heavy atom. The Balaban J connectivity index is 0.00000242. The van der Waals surface area contributed by atoms with Crippen molar-refractivity contribution in [3.8, 4) is 0 Å². The van der Waals surface area contributed by atoms with E-state index in [9.17, 15) is 23.5 Å². The molecule has 2 heterocycles. The number of piperazine rings is 1. The van der Waals surface area contributed by atoms with Gasteiger partial charge in [0, 0.05) is 56.3 Å². The summed E-state index contributed by atoms with van der Waals surface area (Å²) in [6.07, 6.45) is 3.72. The molecule has 10 heteroatoms. The number of aryl methyl sites for hydroxylation is 2. The van der Waals surface area contributed by atoms with Gasteiger partial charge in [-0.15, -0.1) is 24.8 Å². The maximum absolute atomic E-state index is 14.9. The number of likely N-dealkylation sites (tertiary alicyclic amines) is 1. The quantitative estimate of drug-likeness (QED) is 0.470. The van der Waals surface area contributed by atoms with Gasteiger partial charge in [0.05, 0.1) is 5.92 Å². The number of hydrogen-bond acceptors (Lipinski definition) is 4. The number of carboxylic acids is 1. The lowest BCUT2D eigenvalue weighted by molar-refractivity contribution is -0.147. The number of carboxylic acid groups (broad SMARTS) is 1. The van der Waals surface area contributed by atoms with Gasteiger partial charge >= 0.3 is 5.97 Å². The first-order valence-corrected chi connectivity index (χ1v) is 14.5. The molecular weight excluding hydrogens is 583 g/mol. The van der Waals surface area contributed by atoms with Crippen LogP contribution in [0.4, 0.5) is 8.78 Å². The third-order valence-electron chi connectivity index (χ3n) is 9.21. The third-order valence-corrected chi connectivity index (χ3v) is 9.21. The van der Waals surface area contributed by atoms with Crippen LogP contribution in [0, 0.1) is 17.6 Å². The first kappa shape index (κ1) is 34.2. The van der Waals surface area contributed by atoms with E-state index >= 15 is 0 Å². The molecule has 0 bridgehead atoms. The van der Waals surface area contributed by atoms with E-state index in [1.54, 1.807) is 0 Å². The monoisotopic (exact) mass is 625 g/mol. The highest BCUT2D eigenvalue weighted by molar-refractivity contribution is 5.85. The molecule has 4 atom stereocenters. The highest BCUT2D eigenvalue weighted by atomic mass is 35.5. The van der Waals surface area contributed by atoms with Crippen molar-refractivity contribution in [3.05, 3.63) is 70.3 Å². The Hall–Kier alpha value is -2.26. The topological polar surface area (TPSA) is 64.1 Å². The molecule has 42 heavy (non-hydrogen) atoms. The predicted octanol–water partition coefficient (Wildman–Crippen LogP) is 5.34. The number of carbonyl (C=O) groups is 2. The molecule has 1 amide bonds. The Kier molecular flexibility index (Phi) is 11.1. The van der Waals surface area contributed by atoms with E-state index in [0.717, 1.165) is 30.9 Å². The van der Waals surface area contributed by atoms with E-state index in [1.807, 2.05) is 16.7 Å². The smallest absolute Gasteiger partial charge is 0.321 e. The molecule has 232 valence electrons. The van der Waals surface area contributed by atoms with E-state index in [2.05, 4.69) is 43.9 Å². The van der Waals surface area contributed by atoms with Crippen LogP contribution in [0.25, 0.3) is 0 Å². The molecule has 0 radical (unpaired) electrons. The van der Waals surface area contributed by atoms with Crippen LogP contribution in [0.3, 0.4) is 0 Å². The fourth-order valence-electron chi connectivity index (χ4n) is 6.88. The summed E-state index contributed by atoms with van der Waals surface area (Å²) in [4.78, 5) is 32.4. The first-order valence-electron chi connectivity index (χ1n) is 14.5. The van der Waals surface area contributed by atoms with Crippen molar-refractivity contribution in [2.45, 2.75) is 76.9 Å². The molecule has 6 nitrogen and oxygen atoms in total. The van der Waals surface area contributed by atoms with Crippen molar-refractivity contribution in [2.75, 3.05) is 32.7 Å². The van der Waals surface area contributed by atoms with Gasteiger partial charge in [0.2, 0.25) is 5.91 Å². The minimum absolute atomic E-state index is 0. The zero-order valence-corrected chi connectivity index (χ0v) is 26.4. The van der Waals surface area contributed by atoms with Crippen LogP contribution in [0.1, 0.15) is 62.3 Å². The zero-order valence-electron chi connectivity index (χ0n) is 24.8. The van der Waals surface area contributed by atoms with Gasteiger partial charge in [0.25, 0.3) is 0 Å². The molecule has 2 saturated heterocycles. The predicted molar refractivity (Wildman–Crippen MR) is 165 cm³/mol. The second-order valence-corrected chi connectivity index (χ2v) is 12.8. The molecule has 2 aromatic rings. The first-order chi connectivity index (χ1) is 18.9. The number of fused-ring (bicyclic) bond motifs is 1. The summed E-state index contributed by atoms with van der Waals surface area (Å²) in [7, 11) is 0. The number of aliphatic carboxylic acids is 1. The van der Waals surface area contributed by atoms with Gasteiger partial charge in [-0.05, 0) is 81.7 Å². The summed E-state index contributed by atoms with van der Waals surface area (Å²) in [6.45, 7) is 10.5. The molecular formula is C32H43Cl2F2N3O3. The van der Waals surface area contributed by atoms with Crippen molar-refractivity contribution >= 4 is 36.7 Å². The lowest BCUT2D eigenvalue weighted by atomic mass is 9.87. The maximum atomic E-state index is 14.9. The molecule has 2 aliphatic heterocycles. The number of amides is 1. The normalized spacial score (nSPS) is 23.6. The maximum Gasteiger partial charge on any atom is 0.321 e. The zero-order chi connectivity index (χ0) is 28.8. The molecule has 3 aliphatic rings. The summed E-state index contributed by atoms with van der Waals surface area (Å²) in [5, 5.41) is 10.1. The minimum atomic E-state index is -0.851. The molecule has 2 aromatic carbocycles. The molecule has 2 fully saturated rings. The van der Waals surface area contributed by atoms with Crippen molar-refractivity contribution in [1.29, 1.82) is 0 Å². The number of nitrogens with zero attached hydrogens (tertiary/aromatic N) is 3. The highest BCUT2D eigenvalue weighted by Gasteiger charge is 2.46. The van der Waals surface area contributed by atoms with Gasteiger partial charge in [0.15, 0.2) is 0 Å². The molecule has 0 unspecified atom stereocenters. The van der Waals surface area contributed by atoms with Crippen LogP contribution < -0.4 is 0 Å². The SMILES string of the molecule is C[C@H]1CN([C@@H](Cc2ccc3c(c2)CCC3)C(=O)O)CCN1C(=O)[C@@H]1CN(C(C)(C)C)C[C@H]1c1ccc(F)cc1F.Cl.Cl. The second kappa shape index (κ2) is 13.6. The third kappa shape index (κ3) is 7.09. The number of carbonyl (C=O) groups excluding carboxylic acids is 1. The van der Waals surface area contributed by atoms with Crippen LogP contribution in [0.15, 0.2) is 36.4 Å². The number of rotatable bonds is 6. The lowest BCUT2D eigenvalue weighted by Gasteiger charge is -2.43. The van der Waals surface area contributed by atoms with E-state index < -0.39 is 29.6 Å². The Labute approximate surface area is 260 Å². The molecule has 5 rings (SSSR count). The molecule has 0 saturated carbocycles.